The second-order valence-corrected chi connectivity index (χ2v) is 5.70. The minimum Gasteiger partial charge on any atom is -0.378 e. The van der Waals surface area contributed by atoms with E-state index in [2.05, 4.69) is 46.8 Å². The van der Waals surface area contributed by atoms with Gasteiger partial charge < -0.3 is 9.72 Å². The summed E-state index contributed by atoms with van der Waals surface area (Å²) >= 11 is 11.9. The fraction of sp³-hybridized carbons (Fsp3) is 0.182. The number of aromatic nitrogens is 3. The van der Waals surface area contributed by atoms with Gasteiger partial charge in [0.05, 0.1) is 6.61 Å². The number of methoxy groups -OCH3 is 1. The van der Waals surface area contributed by atoms with Gasteiger partial charge in [0.15, 0.2) is 5.82 Å². The van der Waals surface area contributed by atoms with Crippen LogP contribution in [0.1, 0.15) is 5.69 Å². The van der Waals surface area contributed by atoms with E-state index in [4.69, 9.17) is 17.0 Å². The number of halogens is 2. The fourth-order valence-electron chi connectivity index (χ4n) is 1.44. The summed E-state index contributed by atoms with van der Waals surface area (Å²) in [5.41, 5.74) is 1.58. The van der Waals surface area contributed by atoms with E-state index in [1.54, 1.807) is 19.4 Å². The maximum absolute atomic E-state index is 5.13. The number of H-pyrrole nitrogens is 1. The molecular formula is C11H9Br2N3OS. The lowest BCUT2D eigenvalue weighted by Crippen LogP contribution is -1.99. The minimum atomic E-state index is 0.452. The molecule has 94 valence electrons. The van der Waals surface area contributed by atoms with Crippen LogP contribution in [-0.2, 0) is 11.3 Å². The molecule has 18 heavy (non-hydrogen) atoms. The summed E-state index contributed by atoms with van der Waals surface area (Å²) in [4.78, 5) is 11.7. The average Bonchev–Trinajstić information content (AvgIpc) is 2.28. The van der Waals surface area contributed by atoms with Crippen LogP contribution in [0.3, 0.4) is 0 Å². The molecule has 0 atom stereocenters. The van der Waals surface area contributed by atoms with Crippen LogP contribution in [0.25, 0.3) is 11.5 Å². The van der Waals surface area contributed by atoms with E-state index in [0.717, 1.165) is 14.6 Å². The first-order chi connectivity index (χ1) is 8.60. The highest BCUT2D eigenvalue weighted by atomic mass is 79.9. The van der Waals surface area contributed by atoms with Gasteiger partial charge in [-0.2, -0.15) is 0 Å². The van der Waals surface area contributed by atoms with E-state index in [1.807, 2.05) is 6.07 Å². The Labute approximate surface area is 126 Å². The highest BCUT2D eigenvalue weighted by Gasteiger charge is 2.08. The van der Waals surface area contributed by atoms with Gasteiger partial charge in [-0.05, 0) is 44.0 Å². The number of nitrogens with one attached hydrogen (secondary N) is 1. The molecular weight excluding hydrogens is 382 g/mol. The number of hydrogen-bond donors (Lipinski definition) is 1. The Morgan fingerprint density at radius 1 is 1.39 bits per heavy atom. The van der Waals surface area contributed by atoms with E-state index in [9.17, 15) is 0 Å². The summed E-state index contributed by atoms with van der Waals surface area (Å²) in [6.45, 7) is 0.452. The zero-order valence-corrected chi connectivity index (χ0v) is 13.4. The summed E-state index contributed by atoms with van der Waals surface area (Å²) in [7, 11) is 1.63. The zero-order valence-electron chi connectivity index (χ0n) is 9.41. The lowest BCUT2D eigenvalue weighted by atomic mass is 10.3. The lowest BCUT2D eigenvalue weighted by Gasteiger charge is -2.06. The van der Waals surface area contributed by atoms with Crippen molar-refractivity contribution >= 4 is 44.1 Å². The molecule has 2 rings (SSSR count). The number of ether oxygens (including phenoxy) is 1. The molecule has 0 saturated carbocycles. The summed E-state index contributed by atoms with van der Waals surface area (Å²) in [5, 5.41) is 0. The van der Waals surface area contributed by atoms with E-state index < -0.39 is 0 Å². The second-order valence-electron chi connectivity index (χ2n) is 3.51. The maximum Gasteiger partial charge on any atom is 0.159 e. The number of nitrogens with zero attached hydrogens (tertiary/aromatic N) is 2. The SMILES string of the molecule is COCc1cc(=S)nc(-c2ncc(Br)cc2Br)[nH]1. The molecule has 0 aliphatic rings. The smallest absolute Gasteiger partial charge is 0.159 e. The van der Waals surface area contributed by atoms with Gasteiger partial charge >= 0.3 is 0 Å². The number of pyridine rings is 1. The molecule has 0 aliphatic carbocycles. The Morgan fingerprint density at radius 2 is 2.17 bits per heavy atom. The summed E-state index contributed by atoms with van der Waals surface area (Å²) in [5.74, 6) is 0.619. The Bertz CT molecular complexity index is 630. The molecule has 0 radical (unpaired) electrons. The largest absolute Gasteiger partial charge is 0.378 e. The van der Waals surface area contributed by atoms with Crippen molar-refractivity contribution in [1.29, 1.82) is 0 Å². The fourth-order valence-corrected chi connectivity index (χ4v) is 2.85. The van der Waals surface area contributed by atoms with Gasteiger partial charge in [0.1, 0.15) is 10.3 Å². The van der Waals surface area contributed by atoms with Crippen molar-refractivity contribution in [2.75, 3.05) is 7.11 Å². The van der Waals surface area contributed by atoms with Gasteiger partial charge in [0.25, 0.3) is 0 Å². The molecule has 0 spiro atoms. The van der Waals surface area contributed by atoms with Crippen molar-refractivity contribution in [3.63, 3.8) is 0 Å². The van der Waals surface area contributed by atoms with Crippen LogP contribution in [-0.4, -0.2) is 22.1 Å². The van der Waals surface area contributed by atoms with Crippen molar-refractivity contribution in [2.45, 2.75) is 6.61 Å². The predicted octanol–water partition coefficient (Wildman–Crippen LogP) is 3.87. The molecule has 0 bridgehead atoms. The number of hydrogen-bond acceptors (Lipinski definition) is 4. The standard InChI is InChI=1S/C11H9Br2N3OS/c1-17-5-7-3-9(18)16-11(15-7)10-8(13)2-6(12)4-14-10/h2-4H,5H2,1H3,(H,15,16,18). The van der Waals surface area contributed by atoms with Gasteiger partial charge in [0, 0.05) is 27.9 Å². The van der Waals surface area contributed by atoms with Gasteiger partial charge in [-0.3, -0.25) is 4.98 Å². The molecule has 0 unspecified atom stereocenters. The summed E-state index contributed by atoms with van der Waals surface area (Å²) in [6.07, 6.45) is 1.71. The molecule has 0 aromatic carbocycles. The third-order valence-electron chi connectivity index (χ3n) is 2.13. The Morgan fingerprint density at radius 3 is 2.83 bits per heavy atom. The van der Waals surface area contributed by atoms with E-state index in [-0.39, 0.29) is 0 Å². The van der Waals surface area contributed by atoms with Crippen molar-refractivity contribution in [1.82, 2.24) is 15.0 Å². The average molecular weight is 391 g/mol. The van der Waals surface area contributed by atoms with Crippen LogP contribution in [0.5, 0.6) is 0 Å². The van der Waals surface area contributed by atoms with E-state index >= 15 is 0 Å². The topological polar surface area (TPSA) is 50.8 Å². The highest BCUT2D eigenvalue weighted by molar-refractivity contribution is 9.11. The van der Waals surface area contributed by atoms with E-state index in [0.29, 0.717) is 22.8 Å². The Hall–Kier alpha value is -0.630. The summed E-state index contributed by atoms with van der Waals surface area (Å²) in [6, 6.07) is 3.68. The van der Waals surface area contributed by atoms with Crippen LogP contribution in [0.4, 0.5) is 0 Å². The minimum absolute atomic E-state index is 0.452. The van der Waals surface area contributed by atoms with Crippen LogP contribution >= 0.6 is 44.1 Å². The van der Waals surface area contributed by atoms with Gasteiger partial charge in [-0.1, -0.05) is 12.2 Å². The zero-order chi connectivity index (χ0) is 13.1. The molecule has 2 aromatic rings. The molecule has 2 aromatic heterocycles. The van der Waals surface area contributed by atoms with Gasteiger partial charge in [-0.15, -0.1) is 0 Å². The molecule has 2 heterocycles. The highest BCUT2D eigenvalue weighted by Crippen LogP contribution is 2.26. The van der Waals surface area contributed by atoms with Crippen LogP contribution in [0.15, 0.2) is 27.3 Å². The molecule has 0 amide bonds. The lowest BCUT2D eigenvalue weighted by molar-refractivity contribution is 0.181. The van der Waals surface area contributed by atoms with Crippen molar-refractivity contribution in [3.05, 3.63) is 37.6 Å². The van der Waals surface area contributed by atoms with Gasteiger partial charge in [0.2, 0.25) is 0 Å². The van der Waals surface area contributed by atoms with Crippen molar-refractivity contribution < 1.29 is 4.74 Å². The molecule has 0 saturated heterocycles. The Balaban J connectivity index is 2.53. The van der Waals surface area contributed by atoms with Crippen LogP contribution < -0.4 is 0 Å². The number of rotatable bonds is 3. The van der Waals surface area contributed by atoms with Crippen LogP contribution in [0, 0.1) is 4.64 Å². The molecule has 0 fully saturated rings. The normalized spacial score (nSPS) is 10.6. The van der Waals surface area contributed by atoms with E-state index in [1.165, 1.54) is 0 Å². The molecule has 7 heteroatoms. The third-order valence-corrected chi connectivity index (χ3v) is 3.38. The van der Waals surface area contributed by atoms with Crippen molar-refractivity contribution in [3.8, 4) is 11.5 Å². The Kier molecular flexibility index (Phi) is 4.60. The molecule has 0 aliphatic heterocycles. The quantitative estimate of drug-likeness (QED) is 0.808. The maximum atomic E-state index is 5.13. The first-order valence-corrected chi connectivity index (χ1v) is 7.00. The monoisotopic (exact) mass is 389 g/mol. The second kappa shape index (κ2) is 6.01. The first kappa shape index (κ1) is 13.8. The predicted molar refractivity (Wildman–Crippen MR) is 78.8 cm³/mol. The van der Waals surface area contributed by atoms with Gasteiger partial charge in [-0.25, -0.2) is 4.98 Å². The number of aromatic amines is 1. The molecule has 1 N–H and O–H groups in total. The van der Waals surface area contributed by atoms with Crippen LogP contribution in [0.2, 0.25) is 0 Å². The molecule has 4 nitrogen and oxygen atoms in total. The first-order valence-electron chi connectivity index (χ1n) is 5.00. The third kappa shape index (κ3) is 3.23. The summed E-state index contributed by atoms with van der Waals surface area (Å²) < 4.78 is 7.32. The van der Waals surface area contributed by atoms with Crippen molar-refractivity contribution in [2.24, 2.45) is 0 Å².